The van der Waals surface area contributed by atoms with Crippen LogP contribution in [0.5, 0.6) is 17.2 Å². The normalized spacial score (nSPS) is 10.9. The van der Waals surface area contributed by atoms with Gasteiger partial charge in [-0.15, -0.1) is 0 Å². The van der Waals surface area contributed by atoms with Crippen molar-refractivity contribution in [1.29, 1.82) is 5.26 Å². The first-order valence-electron chi connectivity index (χ1n) is 11.0. The van der Waals surface area contributed by atoms with E-state index in [-0.39, 0.29) is 24.0 Å². The highest BCUT2D eigenvalue weighted by molar-refractivity contribution is 6.09. The lowest BCUT2D eigenvalue weighted by Crippen LogP contribution is -2.13. The quantitative estimate of drug-likeness (QED) is 0.173. The number of methoxy groups -OCH3 is 1. The number of nitrogens with zero attached hydrogens (tertiary/aromatic N) is 2. The Labute approximate surface area is 208 Å². The highest BCUT2D eigenvalue weighted by atomic mass is 16.6. The number of amides is 1. The van der Waals surface area contributed by atoms with Crippen molar-refractivity contribution in [2.75, 3.05) is 12.4 Å². The van der Waals surface area contributed by atoms with Crippen molar-refractivity contribution in [2.24, 2.45) is 0 Å². The van der Waals surface area contributed by atoms with Crippen LogP contribution in [-0.4, -0.2) is 24.0 Å². The van der Waals surface area contributed by atoms with Crippen molar-refractivity contribution < 1.29 is 23.9 Å². The molecule has 9 heteroatoms. The fourth-order valence-electron chi connectivity index (χ4n) is 3.20. The standard InChI is InChI=1S/C27H25N3O6/c1-18(2)36-24-6-4-5-22(15-24)29-27(31)21(16-28)13-20-9-12-25(26(14-20)34-3)35-17-19-7-10-23(11-8-19)30(32)33/h4-15,18H,17H2,1-3H3,(H,29,31)/b21-13-. The monoisotopic (exact) mass is 487 g/mol. The third-order valence-electron chi connectivity index (χ3n) is 4.87. The summed E-state index contributed by atoms with van der Waals surface area (Å²) in [5.74, 6) is 0.899. The van der Waals surface area contributed by atoms with Crippen molar-refractivity contribution in [2.45, 2.75) is 26.6 Å². The van der Waals surface area contributed by atoms with Crippen molar-refractivity contribution in [3.63, 3.8) is 0 Å². The Morgan fingerprint density at radius 2 is 1.86 bits per heavy atom. The van der Waals surface area contributed by atoms with Gasteiger partial charge >= 0.3 is 0 Å². The van der Waals surface area contributed by atoms with E-state index >= 15 is 0 Å². The molecule has 1 amide bonds. The van der Waals surface area contributed by atoms with Crippen LogP contribution in [0.2, 0.25) is 0 Å². The molecule has 0 fully saturated rings. The Morgan fingerprint density at radius 3 is 2.50 bits per heavy atom. The average molecular weight is 488 g/mol. The van der Waals surface area contributed by atoms with Crippen LogP contribution < -0.4 is 19.5 Å². The maximum atomic E-state index is 12.7. The van der Waals surface area contributed by atoms with Crippen LogP contribution >= 0.6 is 0 Å². The topological polar surface area (TPSA) is 124 Å². The lowest BCUT2D eigenvalue weighted by molar-refractivity contribution is -0.384. The first kappa shape index (κ1) is 25.8. The molecule has 184 valence electrons. The summed E-state index contributed by atoms with van der Waals surface area (Å²) in [7, 11) is 1.48. The third kappa shape index (κ3) is 7.08. The van der Waals surface area contributed by atoms with Crippen LogP contribution in [0.4, 0.5) is 11.4 Å². The summed E-state index contributed by atoms with van der Waals surface area (Å²) in [6.45, 7) is 3.99. The van der Waals surface area contributed by atoms with Gasteiger partial charge in [0.15, 0.2) is 11.5 Å². The van der Waals surface area contributed by atoms with E-state index in [2.05, 4.69) is 5.32 Å². The molecule has 0 spiro atoms. The second kappa shape index (κ2) is 12.0. The third-order valence-corrected chi connectivity index (χ3v) is 4.87. The van der Waals surface area contributed by atoms with Gasteiger partial charge in [-0.1, -0.05) is 12.1 Å². The summed E-state index contributed by atoms with van der Waals surface area (Å²) in [6, 6.07) is 19.9. The van der Waals surface area contributed by atoms with Crippen LogP contribution in [0.15, 0.2) is 72.3 Å². The molecule has 0 aliphatic heterocycles. The fourth-order valence-corrected chi connectivity index (χ4v) is 3.20. The van der Waals surface area contributed by atoms with Gasteiger partial charge in [0.05, 0.1) is 18.1 Å². The minimum Gasteiger partial charge on any atom is -0.493 e. The number of nitriles is 1. The van der Waals surface area contributed by atoms with E-state index in [0.29, 0.717) is 28.5 Å². The largest absolute Gasteiger partial charge is 0.493 e. The number of nitro benzene ring substituents is 1. The number of anilines is 1. The molecule has 0 aromatic heterocycles. The van der Waals surface area contributed by atoms with Crippen molar-refractivity contribution in [3.05, 3.63) is 93.5 Å². The van der Waals surface area contributed by atoms with Crippen LogP contribution in [0.25, 0.3) is 6.08 Å². The van der Waals surface area contributed by atoms with Gasteiger partial charge in [0.2, 0.25) is 0 Å². The second-order valence-corrected chi connectivity index (χ2v) is 7.94. The van der Waals surface area contributed by atoms with Gasteiger partial charge in [0.25, 0.3) is 11.6 Å². The average Bonchev–Trinajstić information content (AvgIpc) is 2.86. The molecule has 36 heavy (non-hydrogen) atoms. The molecule has 3 rings (SSSR count). The second-order valence-electron chi connectivity index (χ2n) is 7.94. The number of nitrogens with one attached hydrogen (secondary N) is 1. The van der Waals surface area contributed by atoms with Crippen molar-refractivity contribution in [3.8, 4) is 23.3 Å². The zero-order valence-electron chi connectivity index (χ0n) is 20.1. The van der Waals surface area contributed by atoms with E-state index < -0.39 is 10.8 Å². The first-order chi connectivity index (χ1) is 17.3. The van der Waals surface area contributed by atoms with Crippen molar-refractivity contribution >= 4 is 23.4 Å². The summed E-state index contributed by atoms with van der Waals surface area (Å²) in [6.07, 6.45) is 1.44. The Hall–Kier alpha value is -4.84. The highest BCUT2D eigenvalue weighted by Gasteiger charge is 2.12. The number of non-ortho nitro benzene ring substituents is 1. The molecule has 0 radical (unpaired) electrons. The van der Waals surface area contributed by atoms with Crippen LogP contribution in [0, 0.1) is 21.4 Å². The van der Waals surface area contributed by atoms with E-state index in [9.17, 15) is 20.2 Å². The first-order valence-corrected chi connectivity index (χ1v) is 11.0. The molecule has 0 aliphatic carbocycles. The number of benzene rings is 3. The summed E-state index contributed by atoms with van der Waals surface area (Å²) < 4.78 is 16.8. The Kier molecular flexibility index (Phi) is 8.62. The molecule has 0 heterocycles. The molecule has 0 bridgehead atoms. The van der Waals surface area contributed by atoms with Gasteiger partial charge in [-0.25, -0.2) is 0 Å². The van der Waals surface area contributed by atoms with Gasteiger partial charge < -0.3 is 19.5 Å². The molecule has 3 aromatic carbocycles. The van der Waals surface area contributed by atoms with Gasteiger partial charge in [-0.3, -0.25) is 14.9 Å². The number of ether oxygens (including phenoxy) is 3. The van der Waals surface area contributed by atoms with Gasteiger partial charge in [0, 0.05) is 23.9 Å². The predicted octanol–water partition coefficient (Wildman–Crippen LogP) is 5.52. The Bertz CT molecular complexity index is 1310. The SMILES string of the molecule is COc1cc(/C=C(/C#N)C(=O)Nc2cccc(OC(C)C)c2)ccc1OCc1ccc([N+](=O)[O-])cc1. The van der Waals surface area contributed by atoms with Crippen LogP contribution in [-0.2, 0) is 11.4 Å². The van der Waals surface area contributed by atoms with E-state index in [1.54, 1.807) is 54.6 Å². The number of hydrogen-bond acceptors (Lipinski definition) is 7. The smallest absolute Gasteiger partial charge is 0.269 e. The number of rotatable bonds is 10. The Morgan fingerprint density at radius 1 is 1.11 bits per heavy atom. The summed E-state index contributed by atoms with van der Waals surface area (Å²) in [5.41, 5.74) is 1.73. The van der Waals surface area contributed by atoms with Crippen molar-refractivity contribution in [1.82, 2.24) is 0 Å². The molecule has 3 aromatic rings. The van der Waals surface area contributed by atoms with Gasteiger partial charge in [0.1, 0.15) is 24.0 Å². The van der Waals surface area contributed by atoms with Crippen LogP contribution in [0.3, 0.4) is 0 Å². The van der Waals surface area contributed by atoms with E-state index in [1.807, 2.05) is 19.9 Å². The molecule has 1 N–H and O–H groups in total. The molecule has 0 saturated heterocycles. The molecule has 0 unspecified atom stereocenters. The molecular weight excluding hydrogens is 462 g/mol. The Balaban J connectivity index is 1.71. The lowest BCUT2D eigenvalue weighted by Gasteiger charge is -2.12. The number of carbonyl (C=O) groups excluding carboxylic acids is 1. The van der Waals surface area contributed by atoms with Gasteiger partial charge in [-0.2, -0.15) is 5.26 Å². The molecule has 0 aliphatic rings. The minimum absolute atomic E-state index is 0.00130. The zero-order valence-corrected chi connectivity index (χ0v) is 20.1. The molecular formula is C27H25N3O6. The fraction of sp³-hybridized carbons (Fsp3) is 0.185. The molecule has 0 saturated carbocycles. The van der Waals surface area contributed by atoms with E-state index in [1.165, 1.54) is 25.3 Å². The molecule has 9 nitrogen and oxygen atoms in total. The van der Waals surface area contributed by atoms with E-state index in [4.69, 9.17) is 14.2 Å². The minimum atomic E-state index is -0.559. The molecule has 0 atom stereocenters. The number of nitro groups is 1. The summed E-state index contributed by atoms with van der Waals surface area (Å²) >= 11 is 0. The summed E-state index contributed by atoms with van der Waals surface area (Å²) in [5, 5.41) is 23.1. The number of carbonyl (C=O) groups is 1. The maximum Gasteiger partial charge on any atom is 0.269 e. The van der Waals surface area contributed by atoms with E-state index in [0.717, 1.165) is 5.56 Å². The predicted molar refractivity (Wildman–Crippen MR) is 135 cm³/mol. The highest BCUT2D eigenvalue weighted by Crippen LogP contribution is 2.30. The van der Waals surface area contributed by atoms with Gasteiger partial charge in [-0.05, 0) is 67.4 Å². The zero-order chi connectivity index (χ0) is 26.1. The van der Waals surface area contributed by atoms with Crippen LogP contribution in [0.1, 0.15) is 25.0 Å². The maximum absolute atomic E-state index is 12.7. The summed E-state index contributed by atoms with van der Waals surface area (Å²) in [4.78, 5) is 23.0. The lowest BCUT2D eigenvalue weighted by atomic mass is 10.1. The number of hydrogen-bond donors (Lipinski definition) is 1.